The maximum Gasteiger partial charge on any atom is 0.228 e. The van der Waals surface area contributed by atoms with Crippen LogP contribution in [-0.4, -0.2) is 41.5 Å². The third-order valence-electron chi connectivity index (χ3n) is 8.16. The largest absolute Gasteiger partial charge is 0.339 e. The van der Waals surface area contributed by atoms with Crippen molar-refractivity contribution in [3.63, 3.8) is 0 Å². The first kappa shape index (κ1) is 21.9. The lowest BCUT2D eigenvalue weighted by atomic mass is 9.65. The van der Waals surface area contributed by atoms with E-state index in [0.717, 1.165) is 70.3 Å². The molecule has 0 saturated carbocycles. The number of aromatic nitrogens is 1. The molecule has 4 nitrogen and oxygen atoms in total. The fraction of sp³-hybridized carbons (Fsp3) is 0.556. The molecule has 0 radical (unpaired) electrons. The molecular formula is C27H34ClN3O. The Bertz CT molecular complexity index is 965. The van der Waals surface area contributed by atoms with Crippen molar-refractivity contribution in [1.29, 1.82) is 0 Å². The number of fused-ring (bicyclic) bond motifs is 2. The predicted octanol–water partition coefficient (Wildman–Crippen LogP) is 5.10. The summed E-state index contributed by atoms with van der Waals surface area (Å²) < 4.78 is 0. The summed E-state index contributed by atoms with van der Waals surface area (Å²) in [4.78, 5) is 21.0. The van der Waals surface area contributed by atoms with Gasteiger partial charge in [-0.05, 0) is 61.6 Å². The van der Waals surface area contributed by atoms with Gasteiger partial charge in [-0.15, -0.1) is 0 Å². The average Bonchev–Trinajstić information content (AvgIpc) is 3.23. The van der Waals surface area contributed by atoms with Crippen molar-refractivity contribution < 1.29 is 4.79 Å². The molecule has 3 aliphatic rings. The van der Waals surface area contributed by atoms with Crippen molar-refractivity contribution in [3.05, 3.63) is 64.4 Å². The van der Waals surface area contributed by atoms with Crippen molar-refractivity contribution in [1.82, 2.24) is 15.2 Å². The Hall–Kier alpha value is -1.91. The zero-order valence-corrected chi connectivity index (χ0v) is 19.8. The number of pyridine rings is 1. The van der Waals surface area contributed by atoms with Crippen LogP contribution in [0.25, 0.3) is 0 Å². The third kappa shape index (κ3) is 3.86. The molecule has 3 heterocycles. The van der Waals surface area contributed by atoms with Gasteiger partial charge in [0.15, 0.2) is 0 Å². The summed E-state index contributed by atoms with van der Waals surface area (Å²) in [6.45, 7) is 4.72. The minimum Gasteiger partial charge on any atom is -0.339 e. The highest BCUT2D eigenvalue weighted by atomic mass is 35.5. The molecule has 2 aromatic rings. The average molecular weight is 452 g/mol. The standard InChI is InChI=1S/C27H34ClN3O/c1-2-7-21-16-20(19-8-4-3-5-9-19)13-15-31(21)26(32)23-17-29-18-27(23)14-6-10-24-22(27)11-12-25(28)30-24/h3-5,8-9,11-12,20-21,23,29H,2,6-7,10,13-18H2,1H3/t20?,21?,23-,27?/m0/s1. The van der Waals surface area contributed by atoms with E-state index >= 15 is 0 Å². The van der Waals surface area contributed by atoms with Gasteiger partial charge in [0.2, 0.25) is 5.91 Å². The fourth-order valence-corrected chi connectivity index (χ4v) is 6.79. The molecule has 2 saturated heterocycles. The number of carbonyl (C=O) groups is 1. The number of rotatable bonds is 4. The first-order valence-electron chi connectivity index (χ1n) is 12.3. The molecule has 1 aromatic heterocycles. The molecule has 1 amide bonds. The van der Waals surface area contributed by atoms with E-state index in [0.29, 0.717) is 23.0 Å². The van der Waals surface area contributed by atoms with Crippen LogP contribution in [0, 0.1) is 5.92 Å². The van der Waals surface area contributed by atoms with Crippen molar-refractivity contribution in [3.8, 4) is 0 Å². The van der Waals surface area contributed by atoms with Crippen LogP contribution in [0.2, 0.25) is 5.15 Å². The van der Waals surface area contributed by atoms with Crippen LogP contribution in [0.1, 0.15) is 68.2 Å². The number of aryl methyl sites for hydroxylation is 1. The van der Waals surface area contributed by atoms with E-state index in [2.05, 4.69) is 58.5 Å². The molecular weight excluding hydrogens is 418 g/mol. The summed E-state index contributed by atoms with van der Waals surface area (Å²) in [5, 5.41) is 4.14. The van der Waals surface area contributed by atoms with Gasteiger partial charge >= 0.3 is 0 Å². The van der Waals surface area contributed by atoms with Crippen LogP contribution < -0.4 is 5.32 Å². The summed E-state index contributed by atoms with van der Waals surface area (Å²) in [6.07, 6.45) is 7.39. The third-order valence-corrected chi connectivity index (χ3v) is 8.37. The number of halogens is 1. The van der Waals surface area contributed by atoms with Crippen LogP contribution in [0.15, 0.2) is 42.5 Å². The van der Waals surface area contributed by atoms with E-state index in [1.165, 1.54) is 11.1 Å². The molecule has 3 unspecified atom stereocenters. The van der Waals surface area contributed by atoms with E-state index in [9.17, 15) is 4.79 Å². The van der Waals surface area contributed by atoms with Gasteiger partial charge in [0.1, 0.15) is 5.15 Å². The second-order valence-electron chi connectivity index (χ2n) is 9.93. The maximum atomic E-state index is 14.1. The Kier molecular flexibility index (Phi) is 6.26. The molecule has 0 bridgehead atoms. The van der Waals surface area contributed by atoms with E-state index in [1.54, 1.807) is 0 Å². The smallest absolute Gasteiger partial charge is 0.228 e. The van der Waals surface area contributed by atoms with Crippen molar-refractivity contribution in [2.75, 3.05) is 19.6 Å². The number of benzene rings is 1. The SMILES string of the molecule is CCCC1CC(c2ccccc2)CCN1C(=O)[C@@H]1CNCC12CCCc1nc(Cl)ccc12. The molecule has 1 aliphatic carbocycles. The summed E-state index contributed by atoms with van der Waals surface area (Å²) in [5.41, 5.74) is 3.62. The number of piperidine rings is 1. The predicted molar refractivity (Wildman–Crippen MR) is 129 cm³/mol. The highest BCUT2D eigenvalue weighted by Crippen LogP contribution is 2.46. The van der Waals surface area contributed by atoms with Crippen LogP contribution in [0.5, 0.6) is 0 Å². The maximum absolute atomic E-state index is 14.1. The van der Waals surface area contributed by atoms with Gasteiger partial charge in [0, 0.05) is 36.8 Å². The summed E-state index contributed by atoms with van der Waals surface area (Å²) in [6, 6.07) is 15.2. The van der Waals surface area contributed by atoms with Crippen LogP contribution in [0.4, 0.5) is 0 Å². The highest BCUT2D eigenvalue weighted by molar-refractivity contribution is 6.29. The van der Waals surface area contributed by atoms with E-state index in [-0.39, 0.29) is 11.3 Å². The minimum atomic E-state index is -0.144. The number of likely N-dealkylation sites (tertiary alicyclic amines) is 1. The van der Waals surface area contributed by atoms with Gasteiger partial charge in [-0.2, -0.15) is 0 Å². The Labute approximate surface area is 196 Å². The molecule has 4 atom stereocenters. The summed E-state index contributed by atoms with van der Waals surface area (Å²) in [7, 11) is 0. The fourth-order valence-electron chi connectivity index (χ4n) is 6.63. The molecule has 5 heteroatoms. The zero-order valence-electron chi connectivity index (χ0n) is 19.0. The first-order valence-corrected chi connectivity index (χ1v) is 12.7. The second-order valence-corrected chi connectivity index (χ2v) is 10.3. The van der Waals surface area contributed by atoms with Gasteiger partial charge in [0.05, 0.1) is 5.92 Å². The highest BCUT2D eigenvalue weighted by Gasteiger charge is 2.52. The summed E-state index contributed by atoms with van der Waals surface area (Å²) in [5.74, 6) is 0.883. The lowest BCUT2D eigenvalue weighted by molar-refractivity contribution is -0.141. The van der Waals surface area contributed by atoms with E-state index < -0.39 is 0 Å². The Morgan fingerprint density at radius 3 is 2.91 bits per heavy atom. The Morgan fingerprint density at radius 2 is 2.09 bits per heavy atom. The minimum absolute atomic E-state index is 0.0165. The Balaban J connectivity index is 1.41. The van der Waals surface area contributed by atoms with Crippen molar-refractivity contribution in [2.24, 2.45) is 5.92 Å². The van der Waals surface area contributed by atoms with Gasteiger partial charge in [0.25, 0.3) is 0 Å². The molecule has 1 aromatic carbocycles. The molecule has 32 heavy (non-hydrogen) atoms. The topological polar surface area (TPSA) is 45.2 Å². The lowest BCUT2D eigenvalue weighted by Crippen LogP contribution is -2.53. The van der Waals surface area contributed by atoms with Crippen LogP contribution >= 0.6 is 11.6 Å². The number of nitrogens with one attached hydrogen (secondary N) is 1. The number of carbonyl (C=O) groups excluding carboxylic acids is 1. The molecule has 5 rings (SSSR count). The zero-order chi connectivity index (χ0) is 22.1. The number of amides is 1. The first-order chi connectivity index (χ1) is 15.6. The quantitative estimate of drug-likeness (QED) is 0.657. The van der Waals surface area contributed by atoms with Gasteiger partial charge in [-0.25, -0.2) is 4.98 Å². The van der Waals surface area contributed by atoms with Gasteiger partial charge < -0.3 is 10.2 Å². The normalized spacial score (nSPS) is 29.8. The van der Waals surface area contributed by atoms with Crippen molar-refractivity contribution >= 4 is 17.5 Å². The lowest BCUT2D eigenvalue weighted by Gasteiger charge is -2.45. The monoisotopic (exact) mass is 451 g/mol. The second kappa shape index (κ2) is 9.15. The van der Waals surface area contributed by atoms with Gasteiger partial charge in [-0.1, -0.05) is 61.3 Å². The Morgan fingerprint density at radius 1 is 1.25 bits per heavy atom. The number of hydrogen-bond donors (Lipinski definition) is 1. The van der Waals surface area contributed by atoms with E-state index in [1.807, 2.05) is 6.07 Å². The summed E-state index contributed by atoms with van der Waals surface area (Å²) >= 11 is 6.21. The van der Waals surface area contributed by atoms with Crippen LogP contribution in [0.3, 0.4) is 0 Å². The van der Waals surface area contributed by atoms with E-state index in [4.69, 9.17) is 11.6 Å². The van der Waals surface area contributed by atoms with Crippen molar-refractivity contribution in [2.45, 2.75) is 69.2 Å². The van der Waals surface area contributed by atoms with Gasteiger partial charge in [-0.3, -0.25) is 4.79 Å². The molecule has 2 aliphatic heterocycles. The number of hydrogen-bond acceptors (Lipinski definition) is 3. The molecule has 170 valence electrons. The van der Waals surface area contributed by atoms with Crippen LogP contribution in [-0.2, 0) is 16.6 Å². The molecule has 2 fully saturated rings. The number of nitrogens with zero attached hydrogens (tertiary/aromatic N) is 2. The molecule has 1 N–H and O–H groups in total. The molecule has 1 spiro atoms.